The Kier molecular flexibility index (Phi) is 6.27. The van der Waals surface area contributed by atoms with E-state index in [0.29, 0.717) is 26.0 Å². The number of rotatable bonds is 6. The van der Waals surface area contributed by atoms with Crippen molar-refractivity contribution >= 4 is 0 Å². The van der Waals surface area contributed by atoms with Gasteiger partial charge in [0.15, 0.2) is 0 Å². The van der Waals surface area contributed by atoms with Crippen LogP contribution >= 0.6 is 0 Å². The molecule has 0 saturated carbocycles. The average molecular weight is 357 g/mol. The minimum atomic E-state index is -0.638. The Morgan fingerprint density at radius 1 is 1.12 bits per heavy atom. The highest BCUT2D eigenvalue weighted by Crippen LogP contribution is 2.33. The number of hydrogen-bond acceptors (Lipinski definition) is 5. The molecule has 0 amide bonds. The molecule has 0 spiro atoms. The Morgan fingerprint density at radius 3 is 2.46 bits per heavy atom. The molecule has 1 heterocycles. The zero-order chi connectivity index (χ0) is 18.5. The molecule has 1 saturated heterocycles. The van der Waals surface area contributed by atoms with Crippen molar-refractivity contribution in [3.63, 3.8) is 0 Å². The zero-order valence-electron chi connectivity index (χ0n) is 15.1. The van der Waals surface area contributed by atoms with Gasteiger partial charge in [-0.3, -0.25) is 4.90 Å². The van der Waals surface area contributed by atoms with Crippen LogP contribution < -0.4 is 0 Å². The molecule has 2 aromatic carbocycles. The highest BCUT2D eigenvalue weighted by Gasteiger charge is 2.30. The Labute approximate surface area is 154 Å². The summed E-state index contributed by atoms with van der Waals surface area (Å²) >= 11 is 0. The van der Waals surface area contributed by atoms with Gasteiger partial charge in [0, 0.05) is 26.2 Å². The van der Waals surface area contributed by atoms with Gasteiger partial charge in [-0.05, 0) is 41.7 Å². The molecular formula is C21H27NO4. The molecule has 0 radical (unpaired) electrons. The maximum atomic E-state index is 10.6. The van der Waals surface area contributed by atoms with E-state index in [2.05, 4.69) is 29.2 Å². The average Bonchev–Trinajstić information content (AvgIpc) is 2.64. The van der Waals surface area contributed by atoms with E-state index in [1.165, 1.54) is 0 Å². The number of likely N-dealkylation sites (tertiary alicyclic amines) is 1. The number of nitrogens with zero attached hydrogens (tertiary/aromatic N) is 1. The van der Waals surface area contributed by atoms with Crippen LogP contribution in [0.25, 0.3) is 0 Å². The van der Waals surface area contributed by atoms with Gasteiger partial charge in [0.25, 0.3) is 0 Å². The molecule has 3 atom stereocenters. The van der Waals surface area contributed by atoms with Crippen LogP contribution in [0, 0.1) is 0 Å². The molecule has 1 aliphatic heterocycles. The Balaban J connectivity index is 1.74. The molecule has 26 heavy (non-hydrogen) atoms. The van der Waals surface area contributed by atoms with E-state index in [1.807, 2.05) is 0 Å². The van der Waals surface area contributed by atoms with Crippen LogP contribution in [0.3, 0.4) is 0 Å². The fourth-order valence-corrected chi connectivity index (χ4v) is 3.59. The molecule has 140 valence electrons. The summed E-state index contributed by atoms with van der Waals surface area (Å²) in [6.45, 7) is 1.81. The highest BCUT2D eigenvalue weighted by atomic mass is 16.5. The van der Waals surface area contributed by atoms with Crippen LogP contribution in [-0.4, -0.2) is 46.5 Å². The first-order chi connectivity index (χ1) is 12.6. The van der Waals surface area contributed by atoms with Gasteiger partial charge in [-0.15, -0.1) is 0 Å². The van der Waals surface area contributed by atoms with E-state index in [9.17, 15) is 15.3 Å². The number of piperidine rings is 1. The van der Waals surface area contributed by atoms with E-state index in [0.717, 1.165) is 23.2 Å². The molecule has 1 aliphatic rings. The van der Waals surface area contributed by atoms with Crippen LogP contribution in [0.4, 0.5) is 0 Å². The van der Waals surface area contributed by atoms with Gasteiger partial charge < -0.3 is 20.1 Å². The van der Waals surface area contributed by atoms with E-state index in [-0.39, 0.29) is 17.9 Å². The molecule has 0 bridgehead atoms. The van der Waals surface area contributed by atoms with Crippen molar-refractivity contribution in [1.82, 2.24) is 4.90 Å². The van der Waals surface area contributed by atoms with Crippen molar-refractivity contribution < 1.29 is 20.1 Å². The number of ether oxygens (including phenoxy) is 1. The summed E-state index contributed by atoms with van der Waals surface area (Å²) in [6.07, 6.45) is 0.411. The van der Waals surface area contributed by atoms with Crippen LogP contribution in [-0.2, 0) is 11.3 Å². The Morgan fingerprint density at radius 2 is 1.81 bits per heavy atom. The van der Waals surface area contributed by atoms with Crippen LogP contribution in [0.5, 0.6) is 5.75 Å². The first-order valence-electron chi connectivity index (χ1n) is 9.03. The van der Waals surface area contributed by atoms with Crippen molar-refractivity contribution in [2.45, 2.75) is 37.7 Å². The smallest absolute Gasteiger partial charge is 0.115 e. The largest absolute Gasteiger partial charge is 0.508 e. The lowest BCUT2D eigenvalue weighted by molar-refractivity contribution is 0.0128. The number of phenolic OH excluding ortho intramolecular Hbond substituents is 1. The number of aliphatic hydroxyl groups excluding tert-OH is 2. The monoisotopic (exact) mass is 357 g/mol. The molecule has 0 aliphatic carbocycles. The molecule has 3 unspecified atom stereocenters. The third-order valence-electron chi connectivity index (χ3n) is 5.05. The summed E-state index contributed by atoms with van der Waals surface area (Å²) in [5.41, 5.74) is 3.04. The SMILES string of the molecule is COCc1ccc(C2CC(O)CCN2CC(O)c2ccc(O)cc2)cc1. The van der Waals surface area contributed by atoms with Crippen molar-refractivity contribution in [2.75, 3.05) is 20.2 Å². The van der Waals surface area contributed by atoms with E-state index in [1.54, 1.807) is 31.4 Å². The van der Waals surface area contributed by atoms with Gasteiger partial charge in [-0.1, -0.05) is 36.4 Å². The minimum Gasteiger partial charge on any atom is -0.508 e. The number of methoxy groups -OCH3 is 1. The van der Waals surface area contributed by atoms with Crippen molar-refractivity contribution in [2.24, 2.45) is 0 Å². The van der Waals surface area contributed by atoms with Crippen molar-refractivity contribution in [3.8, 4) is 5.75 Å². The van der Waals surface area contributed by atoms with Crippen LogP contribution in [0.1, 0.15) is 41.7 Å². The Bertz CT molecular complexity index is 686. The molecule has 5 nitrogen and oxygen atoms in total. The van der Waals surface area contributed by atoms with Gasteiger partial charge in [0.2, 0.25) is 0 Å². The van der Waals surface area contributed by atoms with Crippen LogP contribution in [0.15, 0.2) is 48.5 Å². The number of aliphatic hydroxyl groups is 2. The number of β-amino-alcohol motifs (C(OH)–C–C–N with tert-alkyl or cyclic N) is 1. The van der Waals surface area contributed by atoms with E-state index in [4.69, 9.17) is 4.74 Å². The van der Waals surface area contributed by atoms with Gasteiger partial charge in [0.1, 0.15) is 5.75 Å². The summed E-state index contributed by atoms with van der Waals surface area (Å²) < 4.78 is 5.16. The second-order valence-corrected chi connectivity index (χ2v) is 6.97. The maximum absolute atomic E-state index is 10.6. The number of aromatic hydroxyl groups is 1. The summed E-state index contributed by atoms with van der Waals surface area (Å²) in [7, 11) is 1.68. The topological polar surface area (TPSA) is 73.2 Å². The van der Waals surface area contributed by atoms with Gasteiger partial charge >= 0.3 is 0 Å². The predicted octanol–water partition coefficient (Wildman–Crippen LogP) is 2.77. The molecule has 0 aromatic heterocycles. The molecule has 1 fully saturated rings. The zero-order valence-corrected chi connectivity index (χ0v) is 15.1. The number of benzene rings is 2. The van der Waals surface area contributed by atoms with Gasteiger partial charge in [-0.25, -0.2) is 0 Å². The second-order valence-electron chi connectivity index (χ2n) is 6.97. The van der Waals surface area contributed by atoms with Gasteiger partial charge in [0.05, 0.1) is 18.8 Å². The highest BCUT2D eigenvalue weighted by molar-refractivity contribution is 5.28. The van der Waals surface area contributed by atoms with Crippen molar-refractivity contribution in [3.05, 3.63) is 65.2 Å². The summed E-state index contributed by atoms with van der Waals surface area (Å²) in [5, 5.41) is 30.2. The van der Waals surface area contributed by atoms with Crippen LogP contribution in [0.2, 0.25) is 0 Å². The normalized spacial score (nSPS) is 22.3. The molecule has 2 aromatic rings. The third kappa shape index (κ3) is 4.62. The summed E-state index contributed by atoms with van der Waals surface area (Å²) in [5.74, 6) is 0.191. The van der Waals surface area contributed by atoms with Crippen molar-refractivity contribution in [1.29, 1.82) is 0 Å². The first kappa shape index (κ1) is 18.9. The fourth-order valence-electron chi connectivity index (χ4n) is 3.59. The first-order valence-corrected chi connectivity index (χ1v) is 9.03. The molecule has 5 heteroatoms. The maximum Gasteiger partial charge on any atom is 0.115 e. The van der Waals surface area contributed by atoms with E-state index >= 15 is 0 Å². The summed E-state index contributed by atoms with van der Waals surface area (Å²) in [4.78, 5) is 2.23. The standard InChI is InChI=1S/C21H27NO4/c1-26-14-15-2-4-16(5-3-15)20-12-19(24)10-11-22(20)13-21(25)17-6-8-18(23)9-7-17/h2-9,19-21,23-25H,10-14H2,1H3. The second kappa shape index (κ2) is 8.64. The fraction of sp³-hybridized carbons (Fsp3) is 0.429. The number of phenols is 1. The molecular weight excluding hydrogens is 330 g/mol. The Hall–Kier alpha value is -1.92. The predicted molar refractivity (Wildman–Crippen MR) is 99.8 cm³/mol. The molecule has 3 N–H and O–H groups in total. The number of hydrogen-bond donors (Lipinski definition) is 3. The lowest BCUT2D eigenvalue weighted by Crippen LogP contribution is -2.41. The van der Waals surface area contributed by atoms with Gasteiger partial charge in [-0.2, -0.15) is 0 Å². The van der Waals surface area contributed by atoms with E-state index < -0.39 is 6.10 Å². The third-order valence-corrected chi connectivity index (χ3v) is 5.05. The summed E-state index contributed by atoms with van der Waals surface area (Å²) in [6, 6.07) is 15.0. The lowest BCUT2D eigenvalue weighted by Gasteiger charge is -2.39. The quantitative estimate of drug-likeness (QED) is 0.741. The molecule has 3 rings (SSSR count). The lowest BCUT2D eigenvalue weighted by atomic mass is 9.92. The minimum absolute atomic E-state index is 0.0714.